The summed E-state index contributed by atoms with van der Waals surface area (Å²) in [4.78, 5) is 43.0. The Morgan fingerprint density at radius 3 is 2.28 bits per heavy atom. The number of carbonyl (C=O) groups excluding carboxylic acids is 3. The third-order valence-corrected chi connectivity index (χ3v) is 6.83. The van der Waals surface area contributed by atoms with Crippen LogP contribution in [-0.2, 0) is 19.8 Å². The number of rotatable bonds is 9. The number of hydrogen-bond acceptors (Lipinski definition) is 5. The molecule has 1 aromatic carbocycles. The zero-order chi connectivity index (χ0) is 29.0. The number of pyridine rings is 1. The van der Waals surface area contributed by atoms with Crippen LogP contribution in [0.25, 0.3) is 0 Å². The van der Waals surface area contributed by atoms with Crippen LogP contribution in [0.1, 0.15) is 62.3 Å². The molecule has 2 heterocycles. The summed E-state index contributed by atoms with van der Waals surface area (Å²) in [7, 11) is 0. The molecule has 1 aliphatic heterocycles. The number of benzene rings is 1. The van der Waals surface area contributed by atoms with Crippen LogP contribution in [0.5, 0.6) is 5.88 Å². The first-order chi connectivity index (χ1) is 18.2. The minimum atomic E-state index is -5.01. The van der Waals surface area contributed by atoms with Crippen molar-refractivity contribution in [1.29, 1.82) is 0 Å². The molecule has 0 saturated carbocycles. The molecular formula is C27H30F5N3O4. The van der Waals surface area contributed by atoms with Gasteiger partial charge in [0.25, 0.3) is 0 Å². The van der Waals surface area contributed by atoms with Gasteiger partial charge in [0.15, 0.2) is 0 Å². The Kier molecular flexibility index (Phi) is 9.29. The molecule has 2 aromatic rings. The van der Waals surface area contributed by atoms with Gasteiger partial charge in [0.1, 0.15) is 5.69 Å². The lowest BCUT2D eigenvalue weighted by Crippen LogP contribution is -2.51. The zero-order valence-electron chi connectivity index (χ0n) is 21.8. The molecule has 1 saturated heterocycles. The van der Waals surface area contributed by atoms with E-state index in [1.807, 2.05) is 26.0 Å². The molecule has 0 bridgehead atoms. The third-order valence-electron chi connectivity index (χ3n) is 6.83. The summed E-state index contributed by atoms with van der Waals surface area (Å²) in [5.74, 6) is -3.51. The van der Waals surface area contributed by atoms with Crippen LogP contribution in [0.15, 0.2) is 36.4 Å². The number of carbonyl (C=O) groups is 3. The molecule has 39 heavy (non-hydrogen) atoms. The summed E-state index contributed by atoms with van der Waals surface area (Å²) in [6.45, 7) is 2.43. The fourth-order valence-corrected chi connectivity index (χ4v) is 4.76. The number of anilines is 1. The summed E-state index contributed by atoms with van der Waals surface area (Å²) in [6, 6.07) is 10.2. The molecule has 212 valence electrons. The number of Topliss-reactive ketones (excluding diaryl/α,β-unsaturated/α-hetero) is 1. The number of ketones is 1. The highest BCUT2D eigenvalue weighted by Gasteiger charge is 2.46. The van der Waals surface area contributed by atoms with Crippen LogP contribution in [0.2, 0.25) is 0 Å². The quantitative estimate of drug-likeness (QED) is 0.412. The van der Waals surface area contributed by atoms with Crippen molar-refractivity contribution < 1.29 is 41.1 Å². The first kappa shape index (κ1) is 30.0. The largest absolute Gasteiger partial charge is 0.449 e. The summed E-state index contributed by atoms with van der Waals surface area (Å²) < 4.78 is 68.2. The molecule has 3 rings (SSSR count). The molecule has 1 N–H and O–H groups in total. The van der Waals surface area contributed by atoms with Gasteiger partial charge in [-0.2, -0.15) is 22.0 Å². The topological polar surface area (TPSA) is 88.6 Å². The van der Waals surface area contributed by atoms with Crippen molar-refractivity contribution in [2.24, 2.45) is 0 Å². The predicted octanol–water partition coefficient (Wildman–Crippen LogP) is 5.53. The lowest BCUT2D eigenvalue weighted by Gasteiger charge is -2.42. The van der Waals surface area contributed by atoms with Crippen LogP contribution in [-0.4, -0.2) is 53.4 Å². The first-order valence-electron chi connectivity index (χ1n) is 12.5. The van der Waals surface area contributed by atoms with Gasteiger partial charge in [0.2, 0.25) is 23.5 Å². The summed E-state index contributed by atoms with van der Waals surface area (Å²) >= 11 is 0. The maximum absolute atomic E-state index is 13.9. The molecular weight excluding hydrogens is 525 g/mol. The predicted molar refractivity (Wildman–Crippen MR) is 133 cm³/mol. The minimum absolute atomic E-state index is 0.0256. The minimum Gasteiger partial charge on any atom is -0.415 e. The van der Waals surface area contributed by atoms with Crippen LogP contribution in [0.3, 0.4) is 0 Å². The number of aryl methyl sites for hydroxylation is 1. The summed E-state index contributed by atoms with van der Waals surface area (Å²) in [5, 5.41) is 2.69. The Morgan fingerprint density at radius 2 is 1.69 bits per heavy atom. The van der Waals surface area contributed by atoms with E-state index < -0.39 is 54.5 Å². The van der Waals surface area contributed by atoms with Gasteiger partial charge in [-0.05, 0) is 48.9 Å². The van der Waals surface area contributed by atoms with E-state index in [1.54, 1.807) is 19.1 Å². The van der Waals surface area contributed by atoms with Gasteiger partial charge in [-0.25, -0.2) is 4.98 Å². The number of aromatic nitrogens is 1. The van der Waals surface area contributed by atoms with E-state index in [-0.39, 0.29) is 37.5 Å². The SMILES string of the molecule is Cc1ccc(NC(=O)C2(c3ccccc3C(C)C)CCN(C(=O)CCC(=O)C(F)(F)F)CC2)c(OC(F)F)n1. The second-order valence-corrected chi connectivity index (χ2v) is 9.76. The van der Waals surface area contributed by atoms with Crippen molar-refractivity contribution in [2.75, 3.05) is 18.4 Å². The van der Waals surface area contributed by atoms with E-state index in [1.165, 1.54) is 17.0 Å². The molecule has 0 aliphatic carbocycles. The highest BCUT2D eigenvalue weighted by molar-refractivity contribution is 6.00. The lowest BCUT2D eigenvalue weighted by atomic mass is 9.69. The monoisotopic (exact) mass is 555 g/mol. The molecule has 2 amide bonds. The highest BCUT2D eigenvalue weighted by Crippen LogP contribution is 2.41. The van der Waals surface area contributed by atoms with Crippen molar-refractivity contribution in [3.05, 3.63) is 53.2 Å². The Labute approximate surface area is 222 Å². The maximum Gasteiger partial charge on any atom is 0.449 e. The zero-order valence-corrected chi connectivity index (χ0v) is 21.8. The fraction of sp³-hybridized carbons (Fsp3) is 0.481. The van der Waals surface area contributed by atoms with E-state index >= 15 is 0 Å². The van der Waals surface area contributed by atoms with Crippen molar-refractivity contribution >= 4 is 23.3 Å². The molecule has 1 fully saturated rings. The molecule has 12 heteroatoms. The molecule has 0 radical (unpaired) electrons. The number of piperidine rings is 1. The van der Waals surface area contributed by atoms with E-state index in [9.17, 15) is 36.3 Å². The van der Waals surface area contributed by atoms with Crippen molar-refractivity contribution in [1.82, 2.24) is 9.88 Å². The second kappa shape index (κ2) is 12.1. The van der Waals surface area contributed by atoms with E-state index in [0.717, 1.165) is 5.56 Å². The number of nitrogens with one attached hydrogen (secondary N) is 1. The Hall–Kier alpha value is -3.57. The van der Waals surface area contributed by atoms with Crippen molar-refractivity contribution in [3.8, 4) is 5.88 Å². The second-order valence-electron chi connectivity index (χ2n) is 9.76. The molecule has 1 aromatic heterocycles. The number of alkyl halides is 5. The average Bonchev–Trinajstić information content (AvgIpc) is 2.87. The van der Waals surface area contributed by atoms with Crippen LogP contribution in [0, 0.1) is 6.92 Å². The van der Waals surface area contributed by atoms with E-state index in [4.69, 9.17) is 0 Å². The van der Waals surface area contributed by atoms with Crippen LogP contribution < -0.4 is 10.1 Å². The van der Waals surface area contributed by atoms with E-state index in [0.29, 0.717) is 11.3 Å². The summed E-state index contributed by atoms with van der Waals surface area (Å²) in [6.07, 6.45) is -6.32. The Balaban J connectivity index is 1.90. The maximum atomic E-state index is 13.9. The van der Waals surface area contributed by atoms with Crippen molar-refractivity contribution in [2.45, 2.75) is 70.6 Å². The van der Waals surface area contributed by atoms with Gasteiger partial charge in [-0.1, -0.05) is 38.1 Å². The van der Waals surface area contributed by atoms with Gasteiger partial charge in [-0.3, -0.25) is 14.4 Å². The van der Waals surface area contributed by atoms with Gasteiger partial charge in [0, 0.05) is 31.6 Å². The lowest BCUT2D eigenvalue weighted by molar-refractivity contribution is -0.171. The number of amides is 2. The van der Waals surface area contributed by atoms with Crippen molar-refractivity contribution in [3.63, 3.8) is 0 Å². The average molecular weight is 556 g/mol. The number of likely N-dealkylation sites (tertiary alicyclic amines) is 1. The van der Waals surface area contributed by atoms with E-state index in [2.05, 4.69) is 15.0 Å². The van der Waals surface area contributed by atoms with Gasteiger partial charge in [-0.15, -0.1) is 0 Å². The number of nitrogens with zero attached hydrogens (tertiary/aromatic N) is 2. The van der Waals surface area contributed by atoms with Crippen LogP contribution in [0.4, 0.5) is 27.6 Å². The number of halogens is 5. The normalized spacial score (nSPS) is 15.4. The first-order valence-corrected chi connectivity index (χ1v) is 12.5. The van der Waals surface area contributed by atoms with Gasteiger partial charge < -0.3 is 15.0 Å². The highest BCUT2D eigenvalue weighted by atomic mass is 19.4. The molecule has 7 nitrogen and oxygen atoms in total. The van der Waals surface area contributed by atoms with Gasteiger partial charge in [0.05, 0.1) is 5.41 Å². The Morgan fingerprint density at radius 1 is 1.05 bits per heavy atom. The van der Waals surface area contributed by atoms with Gasteiger partial charge >= 0.3 is 12.8 Å². The third kappa shape index (κ3) is 7.10. The smallest absolute Gasteiger partial charge is 0.415 e. The molecule has 1 aliphatic rings. The van der Waals surface area contributed by atoms with Crippen LogP contribution >= 0.6 is 0 Å². The molecule has 0 spiro atoms. The number of hydrogen-bond donors (Lipinski definition) is 1. The molecule has 0 atom stereocenters. The number of ether oxygens (including phenoxy) is 1. The fourth-order valence-electron chi connectivity index (χ4n) is 4.76. The summed E-state index contributed by atoms with van der Waals surface area (Å²) in [5.41, 5.74) is 0.755. The molecule has 0 unspecified atom stereocenters. The standard InChI is InChI=1S/C27H30F5N3O4/c1-16(2)18-6-4-5-7-19(18)26(24(38)34-20-9-8-17(3)33-23(20)39-25(28)29)12-14-35(15-13-26)22(37)11-10-21(36)27(30,31)32/h4-9,16,25H,10-15H2,1-3H3,(H,34,38). The Bertz CT molecular complexity index is 1210.